The minimum atomic E-state index is -4.63. The lowest BCUT2D eigenvalue weighted by atomic mass is 10.2. The Bertz CT molecular complexity index is 802. The maximum atomic E-state index is 11.8. The van der Waals surface area contributed by atoms with Crippen LogP contribution >= 0.6 is 7.82 Å². The fourth-order valence-corrected chi connectivity index (χ4v) is 2.86. The molecule has 1 aliphatic heterocycles. The van der Waals surface area contributed by atoms with Crippen molar-refractivity contribution in [3.8, 4) is 0 Å². The van der Waals surface area contributed by atoms with Gasteiger partial charge in [-0.1, -0.05) is 0 Å². The normalized spacial score (nSPS) is 25.6. The second-order valence-corrected chi connectivity index (χ2v) is 6.80. The maximum absolute atomic E-state index is 11.8. The third-order valence-electron chi connectivity index (χ3n) is 3.41. The number of hydrogen-bond donors (Lipinski definition) is 4. The van der Waals surface area contributed by atoms with Crippen LogP contribution in [0, 0.1) is 6.92 Å². The van der Waals surface area contributed by atoms with Crippen molar-refractivity contribution in [1.82, 2.24) is 9.55 Å². The van der Waals surface area contributed by atoms with Gasteiger partial charge < -0.3 is 19.8 Å². The molecule has 0 radical (unpaired) electrons. The van der Waals surface area contributed by atoms with Gasteiger partial charge in [-0.25, -0.2) is 14.2 Å². The van der Waals surface area contributed by atoms with Gasteiger partial charge in [0.05, 0.1) is 12.7 Å². The summed E-state index contributed by atoms with van der Waals surface area (Å²) in [5.41, 5.74) is -1.01. The molecule has 25 heavy (non-hydrogen) atoms. The number of phosphoric acid groups is 1. The molecule has 4 atom stereocenters. The summed E-state index contributed by atoms with van der Waals surface area (Å²) in [6.07, 6.45) is -1.84. The van der Waals surface area contributed by atoms with Crippen LogP contribution < -0.4 is 11.2 Å². The molecular weight excluding hydrogens is 363 g/mol. The monoisotopic (exact) mass is 380 g/mol. The zero-order valence-electron chi connectivity index (χ0n) is 13.0. The van der Waals surface area contributed by atoms with Crippen LogP contribution in [-0.2, 0) is 23.1 Å². The third kappa shape index (κ3) is 5.08. The number of nitrogens with zero attached hydrogens (tertiary/aromatic N) is 1. The van der Waals surface area contributed by atoms with E-state index < -0.39 is 56.7 Å². The summed E-state index contributed by atoms with van der Waals surface area (Å²) in [6.45, 7) is -0.110. The molecule has 0 amide bonds. The number of hydrogen-bond acceptors (Lipinski definition) is 8. The summed E-state index contributed by atoms with van der Waals surface area (Å²) in [6, 6.07) is 0. The van der Waals surface area contributed by atoms with Crippen LogP contribution in [0.5, 0.6) is 0 Å². The SMILES string of the molecule is Cc1cn([C@H]2C[C@H](O)[C@@H](COP(=O)(O)OCC(=O)O)O2)c(=O)[nH]c1=O. The topological polar surface area (TPSA) is 177 Å². The number of carboxylic acid groups (broad SMARTS) is 1. The first kappa shape index (κ1) is 19.5. The Morgan fingerprint density at radius 1 is 1.48 bits per heavy atom. The Labute approximate surface area is 140 Å². The fourth-order valence-electron chi connectivity index (χ4n) is 2.18. The Morgan fingerprint density at radius 2 is 2.16 bits per heavy atom. The van der Waals surface area contributed by atoms with E-state index in [-0.39, 0.29) is 12.0 Å². The highest BCUT2D eigenvalue weighted by Crippen LogP contribution is 2.44. The number of ether oxygens (including phenoxy) is 1. The first-order chi connectivity index (χ1) is 11.6. The summed E-state index contributed by atoms with van der Waals surface area (Å²) in [4.78, 5) is 44.9. The number of aliphatic carboxylic acids is 1. The molecule has 1 unspecified atom stereocenters. The molecule has 0 saturated carbocycles. The molecule has 0 bridgehead atoms. The highest BCUT2D eigenvalue weighted by atomic mass is 31.2. The van der Waals surface area contributed by atoms with E-state index in [2.05, 4.69) is 14.0 Å². The van der Waals surface area contributed by atoms with Gasteiger partial charge >= 0.3 is 19.5 Å². The van der Waals surface area contributed by atoms with Gasteiger partial charge in [-0.15, -0.1) is 0 Å². The molecule has 4 N–H and O–H groups in total. The van der Waals surface area contributed by atoms with Crippen LogP contribution in [-0.4, -0.2) is 56.0 Å². The van der Waals surface area contributed by atoms with Crippen molar-refractivity contribution in [3.63, 3.8) is 0 Å². The van der Waals surface area contributed by atoms with Gasteiger partial charge in [0, 0.05) is 18.2 Å². The Hall–Kier alpha value is -1.82. The summed E-state index contributed by atoms with van der Waals surface area (Å²) >= 11 is 0. The maximum Gasteiger partial charge on any atom is 0.472 e. The predicted molar refractivity (Wildman–Crippen MR) is 80.0 cm³/mol. The third-order valence-corrected chi connectivity index (χ3v) is 4.34. The molecule has 140 valence electrons. The second kappa shape index (κ2) is 7.60. The fraction of sp³-hybridized carbons (Fsp3) is 0.583. The summed E-state index contributed by atoms with van der Waals surface area (Å²) < 4.78 is 26.8. The number of phosphoric ester groups is 1. The van der Waals surface area contributed by atoms with E-state index in [1.54, 1.807) is 0 Å². The number of aliphatic hydroxyl groups excluding tert-OH is 1. The number of H-pyrrole nitrogens is 1. The first-order valence-corrected chi connectivity index (χ1v) is 8.58. The van der Waals surface area contributed by atoms with Crippen LogP contribution in [0.15, 0.2) is 15.8 Å². The van der Waals surface area contributed by atoms with Gasteiger partial charge in [-0.2, -0.15) is 0 Å². The lowest BCUT2D eigenvalue weighted by Crippen LogP contribution is -2.33. The predicted octanol–water partition coefficient (Wildman–Crippen LogP) is -1.29. The van der Waals surface area contributed by atoms with Crippen molar-refractivity contribution in [2.45, 2.75) is 31.8 Å². The Morgan fingerprint density at radius 3 is 2.80 bits per heavy atom. The van der Waals surface area contributed by atoms with E-state index in [9.17, 15) is 28.9 Å². The smallest absolute Gasteiger partial charge is 0.472 e. The largest absolute Gasteiger partial charge is 0.480 e. The second-order valence-electron chi connectivity index (χ2n) is 5.34. The number of carboxylic acids is 1. The van der Waals surface area contributed by atoms with Crippen molar-refractivity contribution >= 4 is 13.8 Å². The van der Waals surface area contributed by atoms with Crippen molar-refractivity contribution in [2.24, 2.45) is 0 Å². The van der Waals surface area contributed by atoms with Gasteiger partial charge in [0.15, 0.2) is 6.61 Å². The van der Waals surface area contributed by atoms with Crippen LogP contribution in [0.2, 0.25) is 0 Å². The van der Waals surface area contributed by atoms with Gasteiger partial charge in [0.2, 0.25) is 0 Å². The average Bonchev–Trinajstić information content (AvgIpc) is 2.88. The molecule has 1 aliphatic rings. The first-order valence-electron chi connectivity index (χ1n) is 7.08. The van der Waals surface area contributed by atoms with Crippen LogP contribution in [0.1, 0.15) is 18.2 Å². The molecule has 1 aromatic rings. The van der Waals surface area contributed by atoms with E-state index in [0.29, 0.717) is 0 Å². The molecule has 2 heterocycles. The number of carbonyl (C=O) groups is 1. The minimum Gasteiger partial charge on any atom is -0.480 e. The molecule has 0 aromatic carbocycles. The number of aromatic amines is 1. The molecule has 0 spiro atoms. The summed E-state index contributed by atoms with van der Waals surface area (Å²) in [5.74, 6) is -1.46. The van der Waals surface area contributed by atoms with Gasteiger partial charge in [0.25, 0.3) is 5.56 Å². The van der Waals surface area contributed by atoms with Crippen molar-refractivity contribution in [3.05, 3.63) is 32.6 Å². The Balaban J connectivity index is 2.01. The quantitative estimate of drug-likeness (QED) is 0.416. The molecule has 1 saturated heterocycles. The molecule has 13 heteroatoms. The average molecular weight is 380 g/mol. The van der Waals surface area contributed by atoms with Crippen LogP contribution in [0.4, 0.5) is 0 Å². The standard InChI is InChI=1S/C12H17N2O10P/c1-6-3-14(12(19)13-11(6)18)9-2-7(15)8(24-9)4-22-25(20,21)23-5-10(16)17/h3,7-9,15H,2,4-5H2,1H3,(H,16,17)(H,20,21)(H,13,18,19)/t7-,8+,9+/m0/s1. The highest BCUT2D eigenvalue weighted by Gasteiger charge is 2.37. The number of aromatic nitrogens is 2. The number of nitrogens with one attached hydrogen (secondary N) is 1. The number of aryl methyl sites for hydroxylation is 1. The molecule has 1 aromatic heterocycles. The molecule has 0 aliphatic carbocycles. The van der Waals surface area contributed by atoms with Crippen LogP contribution in [0.25, 0.3) is 0 Å². The highest BCUT2D eigenvalue weighted by molar-refractivity contribution is 7.47. The summed E-state index contributed by atoms with van der Waals surface area (Å²) in [7, 11) is -4.63. The van der Waals surface area contributed by atoms with Gasteiger partial charge in [0.1, 0.15) is 12.3 Å². The summed E-state index contributed by atoms with van der Waals surface area (Å²) in [5, 5.41) is 18.3. The van der Waals surface area contributed by atoms with Gasteiger partial charge in [-0.3, -0.25) is 23.4 Å². The number of aliphatic hydroxyl groups is 1. The Kier molecular flexibility index (Phi) is 5.93. The van der Waals surface area contributed by atoms with Crippen molar-refractivity contribution in [1.29, 1.82) is 0 Å². The van der Waals surface area contributed by atoms with E-state index in [1.165, 1.54) is 13.1 Å². The van der Waals surface area contributed by atoms with E-state index >= 15 is 0 Å². The lowest BCUT2D eigenvalue weighted by Gasteiger charge is -2.18. The lowest BCUT2D eigenvalue weighted by molar-refractivity contribution is -0.140. The zero-order chi connectivity index (χ0) is 18.8. The zero-order valence-corrected chi connectivity index (χ0v) is 13.9. The van der Waals surface area contributed by atoms with Crippen molar-refractivity contribution in [2.75, 3.05) is 13.2 Å². The van der Waals surface area contributed by atoms with Crippen LogP contribution in [0.3, 0.4) is 0 Å². The van der Waals surface area contributed by atoms with Crippen molar-refractivity contribution < 1.29 is 38.3 Å². The molecular formula is C12H17N2O10P. The molecule has 1 fully saturated rings. The van der Waals surface area contributed by atoms with Gasteiger partial charge in [-0.05, 0) is 6.92 Å². The van der Waals surface area contributed by atoms with E-state index in [0.717, 1.165) is 4.57 Å². The molecule has 12 nitrogen and oxygen atoms in total. The van der Waals surface area contributed by atoms with E-state index in [4.69, 9.17) is 9.84 Å². The molecule has 2 rings (SSSR count). The minimum absolute atomic E-state index is 0.0227. The number of rotatable bonds is 7. The van der Waals surface area contributed by atoms with E-state index in [1.807, 2.05) is 0 Å².